The number of aryl methyl sites for hydroxylation is 2. The number of benzene rings is 1. The SMILES string of the molecule is Cc1cc(NC(=O)[C@H](C)N2C(=O)[C@H]3[C@@H]4C=C[C@H]([C@H]5C[C@H]45)[C@@H]3C2=O)c(C)cc1Br. The number of imide groups is 1. The molecule has 1 heterocycles. The summed E-state index contributed by atoms with van der Waals surface area (Å²) in [6.07, 6.45) is 5.43. The van der Waals surface area contributed by atoms with E-state index in [9.17, 15) is 14.4 Å². The molecule has 1 aromatic rings. The Morgan fingerprint density at radius 1 is 1.07 bits per heavy atom. The van der Waals surface area contributed by atoms with Gasteiger partial charge in [-0.3, -0.25) is 19.3 Å². The first-order chi connectivity index (χ1) is 13.3. The summed E-state index contributed by atoms with van der Waals surface area (Å²) < 4.78 is 0.978. The van der Waals surface area contributed by atoms with Crippen LogP contribution in [0.3, 0.4) is 0 Å². The summed E-state index contributed by atoms with van der Waals surface area (Å²) in [5, 5.41) is 2.91. The van der Waals surface area contributed by atoms with Crippen molar-refractivity contribution in [2.45, 2.75) is 33.2 Å². The van der Waals surface area contributed by atoms with Gasteiger partial charge in [0.1, 0.15) is 6.04 Å². The Labute approximate surface area is 172 Å². The van der Waals surface area contributed by atoms with Crippen molar-refractivity contribution in [1.82, 2.24) is 4.90 Å². The highest BCUT2D eigenvalue weighted by Crippen LogP contribution is 2.65. The smallest absolute Gasteiger partial charge is 0.247 e. The third-order valence-corrected chi connectivity index (χ3v) is 8.08. The first-order valence-corrected chi connectivity index (χ1v) is 10.7. The molecule has 0 aromatic heterocycles. The summed E-state index contributed by atoms with van der Waals surface area (Å²) >= 11 is 3.49. The zero-order valence-electron chi connectivity index (χ0n) is 16.1. The maximum Gasteiger partial charge on any atom is 0.247 e. The number of carbonyl (C=O) groups is 3. The fourth-order valence-electron chi connectivity index (χ4n) is 5.63. The number of carbonyl (C=O) groups excluding carboxylic acids is 3. The van der Waals surface area contributed by atoms with Crippen molar-refractivity contribution in [3.05, 3.63) is 39.9 Å². The van der Waals surface area contributed by atoms with E-state index in [2.05, 4.69) is 33.4 Å². The Morgan fingerprint density at radius 3 is 2.21 bits per heavy atom. The molecule has 146 valence electrons. The molecule has 1 saturated heterocycles. The number of allylic oxidation sites excluding steroid dienone is 2. The number of halogens is 1. The molecule has 0 radical (unpaired) electrons. The Kier molecular flexibility index (Phi) is 3.89. The number of amides is 3. The second-order valence-electron chi connectivity index (χ2n) is 8.78. The van der Waals surface area contributed by atoms with Gasteiger partial charge in [-0.25, -0.2) is 0 Å². The van der Waals surface area contributed by atoms with E-state index in [0.29, 0.717) is 17.5 Å². The van der Waals surface area contributed by atoms with Gasteiger partial charge in [0, 0.05) is 10.2 Å². The zero-order valence-corrected chi connectivity index (χ0v) is 17.7. The van der Waals surface area contributed by atoms with Gasteiger partial charge in [0.05, 0.1) is 11.8 Å². The van der Waals surface area contributed by atoms with Crippen molar-refractivity contribution in [2.24, 2.45) is 35.5 Å². The molecule has 2 bridgehead atoms. The molecule has 2 saturated carbocycles. The molecule has 3 amide bonds. The lowest BCUT2D eigenvalue weighted by molar-refractivity contribution is -0.146. The van der Waals surface area contributed by atoms with Gasteiger partial charge >= 0.3 is 0 Å². The number of nitrogens with zero attached hydrogens (tertiary/aromatic N) is 1. The van der Waals surface area contributed by atoms with Gasteiger partial charge in [-0.2, -0.15) is 0 Å². The summed E-state index contributed by atoms with van der Waals surface area (Å²) in [6.45, 7) is 5.52. The minimum Gasteiger partial charge on any atom is -0.324 e. The normalized spacial score (nSPS) is 35.6. The van der Waals surface area contributed by atoms with Crippen LogP contribution < -0.4 is 5.32 Å². The van der Waals surface area contributed by atoms with Crippen molar-refractivity contribution in [2.75, 3.05) is 5.32 Å². The number of hydrogen-bond acceptors (Lipinski definition) is 3. The number of anilines is 1. The largest absolute Gasteiger partial charge is 0.324 e. The molecule has 6 heteroatoms. The van der Waals surface area contributed by atoms with Crippen LogP contribution in [0.15, 0.2) is 28.8 Å². The third kappa shape index (κ3) is 2.39. The second-order valence-corrected chi connectivity index (χ2v) is 9.64. The lowest BCUT2D eigenvalue weighted by Crippen LogP contribution is -2.46. The highest BCUT2D eigenvalue weighted by Gasteiger charge is 2.67. The number of nitrogens with one attached hydrogen (secondary N) is 1. The van der Waals surface area contributed by atoms with Crippen LogP contribution in [0, 0.1) is 49.4 Å². The molecule has 0 spiro atoms. The molecular weight excluding hydrogens is 420 g/mol. The van der Waals surface area contributed by atoms with Crippen LogP contribution in [-0.4, -0.2) is 28.7 Å². The van der Waals surface area contributed by atoms with Gasteiger partial charge < -0.3 is 5.32 Å². The average molecular weight is 443 g/mol. The van der Waals surface area contributed by atoms with E-state index in [1.807, 2.05) is 26.0 Å². The van der Waals surface area contributed by atoms with Crippen LogP contribution >= 0.6 is 15.9 Å². The van der Waals surface area contributed by atoms with Crippen LogP contribution in [-0.2, 0) is 14.4 Å². The molecule has 7 atom stereocenters. The van der Waals surface area contributed by atoms with Crippen LogP contribution in [0.25, 0.3) is 0 Å². The van der Waals surface area contributed by atoms with Gasteiger partial charge in [-0.15, -0.1) is 0 Å². The molecule has 5 nitrogen and oxygen atoms in total. The minimum absolute atomic E-state index is 0.161. The average Bonchev–Trinajstić information content (AvgIpc) is 3.43. The molecule has 6 rings (SSSR count). The lowest BCUT2D eigenvalue weighted by atomic mass is 9.63. The summed E-state index contributed by atoms with van der Waals surface area (Å²) in [5.41, 5.74) is 2.64. The number of rotatable bonds is 3. The van der Waals surface area contributed by atoms with E-state index in [-0.39, 0.29) is 41.4 Å². The summed E-state index contributed by atoms with van der Waals surface area (Å²) in [7, 11) is 0. The molecule has 28 heavy (non-hydrogen) atoms. The summed E-state index contributed by atoms with van der Waals surface area (Å²) in [5.74, 6) is 0.293. The predicted molar refractivity (Wildman–Crippen MR) is 108 cm³/mol. The molecule has 3 fully saturated rings. The van der Waals surface area contributed by atoms with E-state index < -0.39 is 6.04 Å². The highest BCUT2D eigenvalue weighted by atomic mass is 79.9. The van der Waals surface area contributed by atoms with E-state index in [1.54, 1.807) is 6.92 Å². The quantitative estimate of drug-likeness (QED) is 0.575. The predicted octanol–water partition coefficient (Wildman–Crippen LogP) is 3.45. The first-order valence-electron chi connectivity index (χ1n) is 9.92. The van der Waals surface area contributed by atoms with Crippen molar-refractivity contribution < 1.29 is 14.4 Å². The standard InChI is InChI=1S/C22H23BrN2O3/c1-9-7-17(10(2)6-16(9)23)24-20(26)11(3)25-21(27)18-12-4-5-13(15-8-14(12)15)19(18)22(25)28/h4-7,11-15,18-19H,8H2,1-3H3,(H,24,26)/t11-,12+,13+,14+,15+,18-,19-/m0/s1. The molecule has 1 aromatic carbocycles. The van der Waals surface area contributed by atoms with E-state index in [0.717, 1.165) is 22.0 Å². The van der Waals surface area contributed by atoms with Crippen molar-refractivity contribution in [3.63, 3.8) is 0 Å². The molecular formula is C22H23BrN2O3. The van der Waals surface area contributed by atoms with Gasteiger partial charge in [0.15, 0.2) is 0 Å². The molecule has 5 aliphatic rings. The third-order valence-electron chi connectivity index (χ3n) is 7.23. The second kappa shape index (κ2) is 6.02. The molecule has 1 aliphatic heterocycles. The summed E-state index contributed by atoms with van der Waals surface area (Å²) in [4.78, 5) is 40.5. The van der Waals surface area contributed by atoms with Crippen LogP contribution in [0.4, 0.5) is 5.69 Å². The lowest BCUT2D eigenvalue weighted by Gasteiger charge is -2.37. The maximum atomic E-state index is 13.2. The Balaban J connectivity index is 1.38. The number of hydrogen-bond donors (Lipinski definition) is 1. The zero-order chi connectivity index (χ0) is 19.9. The van der Waals surface area contributed by atoms with Crippen molar-refractivity contribution in [3.8, 4) is 0 Å². The van der Waals surface area contributed by atoms with Gasteiger partial charge in [-0.1, -0.05) is 28.1 Å². The first kappa shape index (κ1) is 18.1. The van der Waals surface area contributed by atoms with Crippen molar-refractivity contribution >= 4 is 39.3 Å². The topological polar surface area (TPSA) is 66.5 Å². The highest BCUT2D eigenvalue weighted by molar-refractivity contribution is 9.10. The van der Waals surface area contributed by atoms with Gasteiger partial charge in [0.25, 0.3) is 0 Å². The fraction of sp³-hybridized carbons (Fsp3) is 0.500. The Morgan fingerprint density at radius 2 is 1.64 bits per heavy atom. The molecule has 4 aliphatic carbocycles. The van der Waals surface area contributed by atoms with Crippen LogP contribution in [0.5, 0.6) is 0 Å². The molecule has 0 unspecified atom stereocenters. The van der Waals surface area contributed by atoms with E-state index >= 15 is 0 Å². The van der Waals surface area contributed by atoms with Crippen molar-refractivity contribution in [1.29, 1.82) is 0 Å². The monoisotopic (exact) mass is 442 g/mol. The maximum absolute atomic E-state index is 13.2. The van der Waals surface area contributed by atoms with E-state index in [1.165, 1.54) is 4.90 Å². The fourth-order valence-corrected chi connectivity index (χ4v) is 6.09. The van der Waals surface area contributed by atoms with Gasteiger partial charge in [-0.05, 0) is 74.1 Å². The van der Waals surface area contributed by atoms with E-state index in [4.69, 9.17) is 0 Å². The van der Waals surface area contributed by atoms with Gasteiger partial charge in [0.2, 0.25) is 17.7 Å². The van der Waals surface area contributed by atoms with Crippen LogP contribution in [0.1, 0.15) is 24.5 Å². The number of likely N-dealkylation sites (tertiary alicyclic amines) is 1. The minimum atomic E-state index is -0.815. The Hall–Kier alpha value is -1.95. The Bertz CT molecular complexity index is 919. The molecule has 1 N–H and O–H groups in total. The van der Waals surface area contributed by atoms with Crippen LogP contribution in [0.2, 0.25) is 0 Å². The summed E-state index contributed by atoms with van der Waals surface area (Å²) in [6, 6.07) is 3.03.